The van der Waals surface area contributed by atoms with Crippen LogP contribution in [0.2, 0.25) is 0 Å². The van der Waals surface area contributed by atoms with Gasteiger partial charge in [0.25, 0.3) is 5.91 Å². The average Bonchev–Trinajstić information content (AvgIpc) is 3.50. The predicted octanol–water partition coefficient (Wildman–Crippen LogP) is 4.37. The van der Waals surface area contributed by atoms with E-state index in [-0.39, 0.29) is 17.5 Å². The molecule has 0 saturated carbocycles. The number of benzene rings is 2. The van der Waals surface area contributed by atoms with Gasteiger partial charge in [0, 0.05) is 53.9 Å². The summed E-state index contributed by atoms with van der Waals surface area (Å²) in [5.41, 5.74) is 7.94. The topological polar surface area (TPSA) is 93.6 Å². The van der Waals surface area contributed by atoms with E-state index in [0.717, 1.165) is 12.8 Å². The van der Waals surface area contributed by atoms with E-state index >= 15 is 4.39 Å². The molecule has 1 amide bonds. The first-order chi connectivity index (χ1) is 17.3. The van der Waals surface area contributed by atoms with Crippen molar-refractivity contribution in [3.63, 3.8) is 0 Å². The largest absolute Gasteiger partial charge is 0.391 e. The first kappa shape index (κ1) is 24.4. The minimum absolute atomic E-state index is 0.0803. The van der Waals surface area contributed by atoms with E-state index in [2.05, 4.69) is 0 Å². The van der Waals surface area contributed by atoms with Gasteiger partial charge in [0.15, 0.2) is 0 Å². The number of amides is 1. The Hall–Kier alpha value is -3.32. The fraction of sp³-hybridized carbons (Fsp3) is 0.333. The molecule has 2 saturated heterocycles. The molecule has 186 valence electrons. The third-order valence-electron chi connectivity index (χ3n) is 6.81. The van der Waals surface area contributed by atoms with Crippen LogP contribution in [0.5, 0.6) is 0 Å². The van der Waals surface area contributed by atoms with Crippen LogP contribution in [-0.4, -0.2) is 54.2 Å². The number of likely N-dealkylation sites (tertiary alicyclic amines) is 1. The Balaban J connectivity index is 1.57. The maximum Gasteiger partial charge on any atom is 0.264 e. The van der Waals surface area contributed by atoms with Crippen molar-refractivity contribution in [1.29, 1.82) is 5.26 Å². The number of nitrogens with zero attached hydrogens (tertiary/aromatic N) is 3. The van der Waals surface area contributed by atoms with Gasteiger partial charge in [-0.2, -0.15) is 5.26 Å². The Morgan fingerprint density at radius 2 is 1.89 bits per heavy atom. The fourth-order valence-corrected chi connectivity index (χ4v) is 6.07. The number of halogens is 2. The molecule has 2 aliphatic heterocycles. The SMILES string of the molecule is N#Cc1ccc(-c2cc(C(=O)N3CCC[C@@H](N)C3)sc2-c2ccc(N3CCC(O)C3)cc2F)cc1F. The number of carbonyl (C=O) groups is 1. The summed E-state index contributed by atoms with van der Waals surface area (Å²) in [6.45, 7) is 2.15. The summed E-state index contributed by atoms with van der Waals surface area (Å²) >= 11 is 1.17. The molecule has 2 aliphatic rings. The van der Waals surface area contributed by atoms with Crippen LogP contribution in [0.15, 0.2) is 42.5 Å². The van der Waals surface area contributed by atoms with Gasteiger partial charge in [-0.05, 0) is 61.2 Å². The van der Waals surface area contributed by atoms with Gasteiger partial charge in [0.1, 0.15) is 17.7 Å². The standard InChI is InChI=1S/C27H26F2N4O2S/c28-23-10-16(3-4-17(23)13-30)22-12-25(27(35)33-8-1-2-18(31)14-33)36-26(22)21-6-5-19(11-24(21)29)32-9-7-20(34)15-32/h3-6,10-12,18,20,34H,1-2,7-9,14-15,31H2/t18-,20?/m1/s1. The molecular formula is C27H26F2N4O2S. The molecule has 9 heteroatoms. The Labute approximate surface area is 212 Å². The van der Waals surface area contributed by atoms with E-state index < -0.39 is 17.7 Å². The number of thiophene rings is 1. The minimum atomic E-state index is -0.676. The number of carbonyl (C=O) groups excluding carboxylic acids is 1. The van der Waals surface area contributed by atoms with Crippen molar-refractivity contribution in [2.75, 3.05) is 31.1 Å². The van der Waals surface area contributed by atoms with E-state index in [9.17, 15) is 14.3 Å². The Morgan fingerprint density at radius 3 is 2.56 bits per heavy atom. The zero-order chi connectivity index (χ0) is 25.4. The molecule has 1 aromatic heterocycles. The molecular weight excluding hydrogens is 482 g/mol. The molecule has 2 fully saturated rings. The maximum atomic E-state index is 15.5. The summed E-state index contributed by atoms with van der Waals surface area (Å²) in [4.78, 5) is 17.9. The average molecular weight is 509 g/mol. The van der Waals surface area contributed by atoms with Crippen LogP contribution in [0.4, 0.5) is 14.5 Å². The molecule has 36 heavy (non-hydrogen) atoms. The second kappa shape index (κ2) is 9.97. The Kier molecular flexibility index (Phi) is 6.75. The van der Waals surface area contributed by atoms with Gasteiger partial charge >= 0.3 is 0 Å². The van der Waals surface area contributed by atoms with Crippen LogP contribution in [0.25, 0.3) is 21.6 Å². The van der Waals surface area contributed by atoms with Crippen LogP contribution in [-0.2, 0) is 0 Å². The number of hydrogen-bond donors (Lipinski definition) is 2. The Bertz CT molecular complexity index is 1350. The number of β-amino-alcohol motifs (C(OH)–C–C–N with tert-alkyl or cyclic N) is 1. The second-order valence-electron chi connectivity index (χ2n) is 9.37. The summed E-state index contributed by atoms with van der Waals surface area (Å²) in [6, 6.07) is 12.5. The number of hydrogen-bond acceptors (Lipinski definition) is 6. The zero-order valence-corrected chi connectivity index (χ0v) is 20.4. The quantitative estimate of drug-likeness (QED) is 0.546. The van der Waals surface area contributed by atoms with Crippen molar-refractivity contribution < 1.29 is 18.7 Å². The lowest BCUT2D eigenvalue weighted by Crippen LogP contribution is -2.45. The molecule has 2 atom stereocenters. The summed E-state index contributed by atoms with van der Waals surface area (Å²) in [6.07, 6.45) is 1.88. The smallest absolute Gasteiger partial charge is 0.264 e. The molecule has 5 rings (SSSR count). The first-order valence-corrected chi connectivity index (χ1v) is 12.8. The maximum absolute atomic E-state index is 15.5. The summed E-state index contributed by atoms with van der Waals surface area (Å²) in [5.74, 6) is -1.32. The van der Waals surface area contributed by atoms with Gasteiger partial charge in [-0.15, -0.1) is 11.3 Å². The van der Waals surface area contributed by atoms with E-state index in [1.165, 1.54) is 29.5 Å². The number of piperidine rings is 1. The molecule has 3 N–H and O–H groups in total. The van der Waals surface area contributed by atoms with Gasteiger partial charge in [-0.25, -0.2) is 8.78 Å². The van der Waals surface area contributed by atoms with Gasteiger partial charge in [0.05, 0.1) is 16.5 Å². The van der Waals surface area contributed by atoms with Gasteiger partial charge in [-0.1, -0.05) is 6.07 Å². The van der Waals surface area contributed by atoms with Crippen LogP contribution in [0.3, 0.4) is 0 Å². The molecule has 6 nitrogen and oxygen atoms in total. The van der Waals surface area contributed by atoms with Gasteiger partial charge in [-0.3, -0.25) is 4.79 Å². The van der Waals surface area contributed by atoms with Crippen molar-refractivity contribution in [1.82, 2.24) is 4.90 Å². The van der Waals surface area contributed by atoms with Crippen LogP contribution >= 0.6 is 11.3 Å². The number of rotatable bonds is 4. The van der Waals surface area contributed by atoms with E-state index in [1.807, 2.05) is 11.0 Å². The van der Waals surface area contributed by atoms with E-state index in [4.69, 9.17) is 11.0 Å². The van der Waals surface area contributed by atoms with Crippen LogP contribution in [0, 0.1) is 23.0 Å². The number of nitriles is 1. The highest BCUT2D eigenvalue weighted by atomic mass is 32.1. The lowest BCUT2D eigenvalue weighted by Gasteiger charge is -2.30. The normalized spacial score (nSPS) is 20.0. The Morgan fingerprint density at radius 1 is 1.06 bits per heavy atom. The highest BCUT2D eigenvalue weighted by molar-refractivity contribution is 7.18. The molecule has 1 unspecified atom stereocenters. The lowest BCUT2D eigenvalue weighted by molar-refractivity contribution is 0.0713. The van der Waals surface area contributed by atoms with E-state index in [1.54, 1.807) is 29.2 Å². The van der Waals surface area contributed by atoms with Gasteiger partial charge in [0.2, 0.25) is 0 Å². The third-order valence-corrected chi connectivity index (χ3v) is 7.97. The highest BCUT2D eigenvalue weighted by Gasteiger charge is 2.27. The molecule has 0 radical (unpaired) electrons. The molecule has 0 aliphatic carbocycles. The summed E-state index contributed by atoms with van der Waals surface area (Å²) in [7, 11) is 0. The first-order valence-electron chi connectivity index (χ1n) is 12.0. The predicted molar refractivity (Wildman–Crippen MR) is 136 cm³/mol. The van der Waals surface area contributed by atoms with Crippen molar-refractivity contribution in [2.24, 2.45) is 5.73 Å². The monoisotopic (exact) mass is 508 g/mol. The number of aliphatic hydroxyl groups excluding tert-OH is 1. The number of anilines is 1. The fourth-order valence-electron chi connectivity index (χ4n) is 4.90. The molecule has 0 bridgehead atoms. The van der Waals surface area contributed by atoms with E-state index in [0.29, 0.717) is 64.7 Å². The molecule has 2 aromatic carbocycles. The van der Waals surface area contributed by atoms with Crippen molar-refractivity contribution in [2.45, 2.75) is 31.4 Å². The van der Waals surface area contributed by atoms with Crippen molar-refractivity contribution in [3.05, 3.63) is 64.5 Å². The molecule has 3 heterocycles. The van der Waals surface area contributed by atoms with Crippen molar-refractivity contribution in [3.8, 4) is 27.6 Å². The lowest BCUT2D eigenvalue weighted by atomic mass is 10.00. The third kappa shape index (κ3) is 4.72. The van der Waals surface area contributed by atoms with Crippen LogP contribution < -0.4 is 10.6 Å². The number of aliphatic hydroxyl groups is 1. The summed E-state index contributed by atoms with van der Waals surface area (Å²) < 4.78 is 30.0. The van der Waals surface area contributed by atoms with Crippen molar-refractivity contribution >= 4 is 22.9 Å². The van der Waals surface area contributed by atoms with Crippen LogP contribution in [0.1, 0.15) is 34.5 Å². The second-order valence-corrected chi connectivity index (χ2v) is 10.4. The van der Waals surface area contributed by atoms with Gasteiger partial charge < -0.3 is 20.6 Å². The molecule has 0 spiro atoms. The molecule has 3 aromatic rings. The zero-order valence-electron chi connectivity index (χ0n) is 19.6. The summed E-state index contributed by atoms with van der Waals surface area (Å²) in [5, 5.41) is 18.9. The number of nitrogens with two attached hydrogens (primary N) is 1. The highest BCUT2D eigenvalue weighted by Crippen LogP contribution is 2.42. The minimum Gasteiger partial charge on any atom is -0.391 e.